The molecule has 12 nitrogen and oxygen atoms in total. The van der Waals surface area contributed by atoms with Crippen LogP contribution in [0.4, 0.5) is 17.1 Å². The Kier molecular flexibility index (Phi) is 9.55. The van der Waals surface area contributed by atoms with Crippen LogP contribution in [0.15, 0.2) is 91.0 Å². The van der Waals surface area contributed by atoms with Gasteiger partial charge in [0, 0.05) is 33.8 Å². The van der Waals surface area contributed by atoms with Gasteiger partial charge < -0.3 is 46.1 Å². The lowest BCUT2D eigenvalue weighted by Gasteiger charge is -2.12. The molecule has 0 saturated carbocycles. The Bertz CT molecular complexity index is 1380. The summed E-state index contributed by atoms with van der Waals surface area (Å²) in [6.07, 6.45) is 0. The molecule has 42 heavy (non-hydrogen) atoms. The van der Waals surface area contributed by atoms with Crippen molar-refractivity contribution in [3.8, 4) is 0 Å². The second kappa shape index (κ2) is 13.3. The van der Waals surface area contributed by atoms with Crippen molar-refractivity contribution in [1.29, 1.82) is 0 Å². The first-order valence-corrected chi connectivity index (χ1v) is 12.5. The number of amides is 3. The third kappa shape index (κ3) is 7.70. The van der Waals surface area contributed by atoms with E-state index in [4.69, 9.17) is 0 Å². The van der Waals surface area contributed by atoms with Crippen LogP contribution >= 0.6 is 0 Å². The Morgan fingerprint density at radius 3 is 0.810 bits per heavy atom. The standard InChI is InChI=1S/C27H24B3N3O9/c34-25(31-22-7-1-19(2-8-22)28(37)38)16-13-17(26(35)32-23-9-3-20(4-10-23)29(39)40)15-18(14-16)27(36)33-24-11-5-21(6-12-24)30(41)42/h1-15,37-42H,(H,31,34)(H,32,35)(H,33,36). The van der Waals surface area contributed by atoms with E-state index in [1.807, 2.05) is 0 Å². The average molecular weight is 567 g/mol. The molecule has 3 amide bonds. The second-order valence-corrected chi connectivity index (χ2v) is 9.15. The minimum Gasteiger partial charge on any atom is -0.423 e. The second-order valence-electron chi connectivity index (χ2n) is 9.15. The van der Waals surface area contributed by atoms with Gasteiger partial charge in [-0.05, 0) is 71.0 Å². The van der Waals surface area contributed by atoms with Crippen molar-refractivity contribution in [2.24, 2.45) is 0 Å². The maximum Gasteiger partial charge on any atom is 0.488 e. The van der Waals surface area contributed by atoms with Crippen molar-refractivity contribution >= 4 is 72.5 Å². The molecule has 15 heteroatoms. The summed E-state index contributed by atoms with van der Waals surface area (Å²) in [4.78, 5) is 39.4. The molecule has 0 heterocycles. The molecule has 0 aliphatic heterocycles. The van der Waals surface area contributed by atoms with E-state index in [2.05, 4.69) is 16.0 Å². The normalized spacial score (nSPS) is 10.4. The summed E-state index contributed by atoms with van der Waals surface area (Å²) in [5.41, 5.74) is 1.52. The van der Waals surface area contributed by atoms with Gasteiger partial charge in [-0.3, -0.25) is 14.4 Å². The van der Waals surface area contributed by atoms with Gasteiger partial charge in [-0.2, -0.15) is 0 Å². The van der Waals surface area contributed by atoms with Gasteiger partial charge in [0.25, 0.3) is 17.7 Å². The molecule has 4 rings (SSSR count). The van der Waals surface area contributed by atoms with Gasteiger partial charge >= 0.3 is 21.4 Å². The van der Waals surface area contributed by atoms with Crippen molar-refractivity contribution in [3.05, 3.63) is 108 Å². The van der Waals surface area contributed by atoms with E-state index < -0.39 is 39.1 Å². The Hall–Kier alpha value is -4.76. The number of nitrogens with one attached hydrogen (secondary N) is 3. The van der Waals surface area contributed by atoms with E-state index in [-0.39, 0.29) is 33.1 Å². The Balaban J connectivity index is 1.62. The molecule has 0 atom stereocenters. The molecule has 4 aromatic rings. The van der Waals surface area contributed by atoms with Gasteiger partial charge in [0.15, 0.2) is 0 Å². The van der Waals surface area contributed by atoms with Crippen LogP contribution in [0, 0.1) is 0 Å². The summed E-state index contributed by atoms with van der Waals surface area (Å²) >= 11 is 0. The molecular formula is C27H24B3N3O9. The molecule has 0 spiro atoms. The number of hydrogen-bond acceptors (Lipinski definition) is 9. The van der Waals surface area contributed by atoms with E-state index in [1.165, 1.54) is 91.0 Å². The third-order valence-corrected chi connectivity index (χ3v) is 6.12. The van der Waals surface area contributed by atoms with Crippen molar-refractivity contribution in [1.82, 2.24) is 0 Å². The lowest BCUT2D eigenvalue weighted by Crippen LogP contribution is -2.29. The fourth-order valence-electron chi connectivity index (χ4n) is 3.85. The number of hydrogen-bond donors (Lipinski definition) is 9. The fraction of sp³-hybridized carbons (Fsp3) is 0. The van der Waals surface area contributed by atoms with E-state index >= 15 is 0 Å². The lowest BCUT2D eigenvalue weighted by molar-refractivity contribution is 0.102. The van der Waals surface area contributed by atoms with Crippen LogP contribution in [0.3, 0.4) is 0 Å². The van der Waals surface area contributed by atoms with Gasteiger partial charge in [-0.25, -0.2) is 0 Å². The van der Waals surface area contributed by atoms with Crippen molar-refractivity contribution in [2.45, 2.75) is 0 Å². The first kappa shape index (κ1) is 30.2. The molecule has 0 aliphatic rings. The summed E-state index contributed by atoms with van der Waals surface area (Å²) in [6.45, 7) is 0. The number of rotatable bonds is 9. The number of anilines is 3. The molecule has 0 saturated heterocycles. The number of carbonyl (C=O) groups excluding carboxylic acids is 3. The van der Waals surface area contributed by atoms with Gasteiger partial charge in [0.05, 0.1) is 0 Å². The third-order valence-electron chi connectivity index (χ3n) is 6.12. The van der Waals surface area contributed by atoms with Gasteiger partial charge in [-0.1, -0.05) is 36.4 Å². The summed E-state index contributed by atoms with van der Waals surface area (Å²) in [5.74, 6) is -1.96. The average Bonchev–Trinajstić information content (AvgIpc) is 2.97. The first-order chi connectivity index (χ1) is 20.0. The predicted octanol–water partition coefficient (Wildman–Crippen LogP) is -1.52. The molecule has 0 fully saturated rings. The Labute approximate surface area is 240 Å². The smallest absolute Gasteiger partial charge is 0.423 e. The maximum atomic E-state index is 13.1. The lowest BCUT2D eigenvalue weighted by atomic mass is 9.80. The zero-order chi connectivity index (χ0) is 30.4. The van der Waals surface area contributed by atoms with Gasteiger partial charge in [-0.15, -0.1) is 0 Å². The number of benzene rings is 4. The van der Waals surface area contributed by atoms with Crippen LogP contribution in [0.25, 0.3) is 0 Å². The quantitative estimate of drug-likeness (QED) is 0.108. The molecule has 0 aromatic heterocycles. The molecule has 210 valence electrons. The van der Waals surface area contributed by atoms with Crippen LogP contribution in [0.1, 0.15) is 31.1 Å². The molecule has 0 bridgehead atoms. The van der Waals surface area contributed by atoms with Gasteiger partial charge in [0.2, 0.25) is 0 Å². The predicted molar refractivity (Wildman–Crippen MR) is 159 cm³/mol. The molecule has 9 N–H and O–H groups in total. The van der Waals surface area contributed by atoms with Crippen molar-refractivity contribution < 1.29 is 44.5 Å². The molecule has 4 aromatic carbocycles. The summed E-state index contributed by atoms with van der Waals surface area (Å²) in [7, 11) is -5.04. The minimum atomic E-state index is -1.68. The summed E-state index contributed by atoms with van der Waals surface area (Å²) in [6, 6.07) is 21.0. The van der Waals surface area contributed by atoms with Crippen LogP contribution < -0.4 is 32.3 Å². The summed E-state index contributed by atoms with van der Waals surface area (Å²) in [5, 5.41) is 63.5. The largest absolute Gasteiger partial charge is 0.488 e. The SMILES string of the molecule is O=C(Nc1ccc(B(O)O)cc1)c1cc(C(=O)Nc2ccc(B(O)O)cc2)cc(C(=O)Nc2ccc(B(O)O)cc2)c1. The summed E-state index contributed by atoms with van der Waals surface area (Å²) < 4.78 is 0. The topological polar surface area (TPSA) is 209 Å². The zero-order valence-electron chi connectivity index (χ0n) is 21.8. The minimum absolute atomic E-state index is 0.0310. The highest BCUT2D eigenvalue weighted by Crippen LogP contribution is 2.17. The van der Waals surface area contributed by atoms with Crippen molar-refractivity contribution in [2.75, 3.05) is 16.0 Å². The van der Waals surface area contributed by atoms with E-state index in [9.17, 15) is 44.5 Å². The fourth-order valence-corrected chi connectivity index (χ4v) is 3.85. The molecule has 0 unspecified atom stereocenters. The van der Waals surface area contributed by atoms with E-state index in [0.29, 0.717) is 17.1 Å². The molecule has 0 aliphatic carbocycles. The highest BCUT2D eigenvalue weighted by Gasteiger charge is 2.19. The Morgan fingerprint density at radius 2 is 0.619 bits per heavy atom. The van der Waals surface area contributed by atoms with Crippen LogP contribution in [0.2, 0.25) is 0 Å². The monoisotopic (exact) mass is 567 g/mol. The number of carbonyl (C=O) groups is 3. The molecule has 0 radical (unpaired) electrons. The van der Waals surface area contributed by atoms with E-state index in [0.717, 1.165) is 0 Å². The highest BCUT2D eigenvalue weighted by molar-refractivity contribution is 6.59. The first-order valence-electron chi connectivity index (χ1n) is 12.5. The van der Waals surface area contributed by atoms with Crippen LogP contribution in [-0.2, 0) is 0 Å². The molecular weight excluding hydrogens is 543 g/mol. The van der Waals surface area contributed by atoms with Crippen molar-refractivity contribution in [3.63, 3.8) is 0 Å². The van der Waals surface area contributed by atoms with E-state index in [1.54, 1.807) is 0 Å². The highest BCUT2D eigenvalue weighted by atomic mass is 16.4. The van der Waals surface area contributed by atoms with Gasteiger partial charge in [0.1, 0.15) is 0 Å². The van der Waals surface area contributed by atoms with Crippen LogP contribution in [0.5, 0.6) is 0 Å². The maximum absolute atomic E-state index is 13.1. The zero-order valence-corrected chi connectivity index (χ0v) is 21.8. The Morgan fingerprint density at radius 1 is 0.405 bits per heavy atom. The van der Waals surface area contributed by atoms with Crippen LogP contribution in [-0.4, -0.2) is 69.2 Å².